The number of hydrazine groups is 1. The molecule has 88 valence electrons. The highest BCUT2D eigenvalue weighted by Gasteiger charge is 2.16. The molecule has 1 unspecified atom stereocenters. The smallest absolute Gasteiger partial charge is 0.253 e. The van der Waals surface area contributed by atoms with Crippen LogP contribution in [-0.4, -0.2) is 24.0 Å². The summed E-state index contributed by atoms with van der Waals surface area (Å²) in [6, 6.07) is 3.46. The minimum Gasteiger partial charge on any atom is -0.320 e. The highest BCUT2D eigenvalue weighted by Crippen LogP contribution is 2.16. The maximum atomic E-state index is 12.9. The Bertz CT molecular complexity index is 398. The summed E-state index contributed by atoms with van der Waals surface area (Å²) >= 11 is 5.60. The van der Waals surface area contributed by atoms with Crippen LogP contribution in [0.2, 0.25) is 5.02 Å². The molecule has 0 saturated heterocycles. The number of rotatable bonds is 3. The second kappa shape index (κ2) is 5.25. The van der Waals surface area contributed by atoms with Crippen molar-refractivity contribution in [3.05, 3.63) is 34.6 Å². The Morgan fingerprint density at radius 3 is 2.75 bits per heavy atom. The monoisotopic (exact) mass is 245 g/mol. The van der Waals surface area contributed by atoms with Gasteiger partial charge in [0.05, 0.1) is 11.1 Å². The average molecular weight is 246 g/mol. The van der Waals surface area contributed by atoms with E-state index in [0.29, 0.717) is 5.56 Å². The lowest BCUT2D eigenvalue weighted by molar-refractivity contribution is -0.131. The Morgan fingerprint density at radius 2 is 2.25 bits per heavy atom. The van der Waals surface area contributed by atoms with Crippen LogP contribution < -0.4 is 11.6 Å². The highest BCUT2D eigenvalue weighted by molar-refractivity contribution is 6.30. The van der Waals surface area contributed by atoms with E-state index in [1.165, 1.54) is 25.2 Å². The molecule has 0 aliphatic rings. The molecule has 1 aromatic carbocycles. The number of halogens is 2. The molecule has 4 N–H and O–H groups in total. The summed E-state index contributed by atoms with van der Waals surface area (Å²) in [6.07, 6.45) is 0.264. The van der Waals surface area contributed by atoms with Crippen molar-refractivity contribution in [2.45, 2.75) is 12.5 Å². The number of amides is 1. The van der Waals surface area contributed by atoms with Crippen molar-refractivity contribution in [1.29, 1.82) is 0 Å². The van der Waals surface area contributed by atoms with Crippen molar-refractivity contribution in [1.82, 2.24) is 5.01 Å². The van der Waals surface area contributed by atoms with Crippen molar-refractivity contribution < 1.29 is 9.18 Å². The molecule has 0 radical (unpaired) electrons. The molecule has 0 fully saturated rings. The van der Waals surface area contributed by atoms with Gasteiger partial charge in [-0.2, -0.15) is 0 Å². The third kappa shape index (κ3) is 3.16. The van der Waals surface area contributed by atoms with Crippen molar-refractivity contribution in [3.8, 4) is 0 Å². The summed E-state index contributed by atoms with van der Waals surface area (Å²) in [6.45, 7) is 0. The molecule has 1 amide bonds. The number of carbonyl (C=O) groups excluding carboxylic acids is 1. The van der Waals surface area contributed by atoms with Gasteiger partial charge in [-0.05, 0) is 24.1 Å². The molecular weight excluding hydrogens is 233 g/mol. The van der Waals surface area contributed by atoms with E-state index < -0.39 is 11.9 Å². The van der Waals surface area contributed by atoms with Gasteiger partial charge in [0.25, 0.3) is 5.91 Å². The first-order valence-electron chi connectivity index (χ1n) is 4.63. The summed E-state index contributed by atoms with van der Waals surface area (Å²) in [5, 5.41) is 0.939. The summed E-state index contributed by atoms with van der Waals surface area (Å²) in [5.74, 6) is 4.37. The largest absolute Gasteiger partial charge is 0.320 e. The second-order valence-corrected chi connectivity index (χ2v) is 3.92. The van der Waals surface area contributed by atoms with Gasteiger partial charge in [0.1, 0.15) is 5.82 Å². The van der Waals surface area contributed by atoms with Crippen LogP contribution in [0.3, 0.4) is 0 Å². The number of benzene rings is 1. The number of likely N-dealkylation sites (N-methyl/N-ethyl adjacent to an activating group) is 1. The summed E-state index contributed by atoms with van der Waals surface area (Å²) in [4.78, 5) is 11.4. The topological polar surface area (TPSA) is 72.3 Å². The maximum absolute atomic E-state index is 12.9. The van der Waals surface area contributed by atoms with E-state index in [-0.39, 0.29) is 17.4 Å². The van der Waals surface area contributed by atoms with Crippen LogP contribution in [0.1, 0.15) is 5.56 Å². The highest BCUT2D eigenvalue weighted by atomic mass is 35.5. The quantitative estimate of drug-likeness (QED) is 0.467. The molecule has 1 atom stereocenters. The van der Waals surface area contributed by atoms with E-state index in [2.05, 4.69) is 0 Å². The van der Waals surface area contributed by atoms with Crippen LogP contribution in [0.15, 0.2) is 18.2 Å². The molecule has 0 aliphatic carbocycles. The lowest BCUT2D eigenvalue weighted by Crippen LogP contribution is -2.46. The van der Waals surface area contributed by atoms with Gasteiger partial charge in [-0.15, -0.1) is 0 Å². The van der Waals surface area contributed by atoms with Crippen LogP contribution in [-0.2, 0) is 11.2 Å². The predicted octanol–water partition coefficient (Wildman–Crippen LogP) is 0.681. The minimum absolute atomic E-state index is 0.0123. The van der Waals surface area contributed by atoms with Gasteiger partial charge in [0.2, 0.25) is 0 Å². The minimum atomic E-state index is -0.753. The number of nitrogens with zero attached hydrogens (tertiary/aromatic N) is 1. The molecule has 0 bridgehead atoms. The van der Waals surface area contributed by atoms with E-state index in [4.69, 9.17) is 23.2 Å². The second-order valence-electron chi connectivity index (χ2n) is 3.51. The normalized spacial score (nSPS) is 12.3. The molecule has 0 heterocycles. The Hall–Kier alpha value is -1.17. The summed E-state index contributed by atoms with van der Waals surface area (Å²) in [5.41, 5.74) is 6.32. The zero-order valence-corrected chi connectivity index (χ0v) is 9.54. The zero-order valence-electron chi connectivity index (χ0n) is 8.78. The van der Waals surface area contributed by atoms with Crippen molar-refractivity contribution in [2.75, 3.05) is 7.05 Å². The van der Waals surface area contributed by atoms with Gasteiger partial charge in [0, 0.05) is 7.05 Å². The van der Waals surface area contributed by atoms with Crippen LogP contribution in [0, 0.1) is 5.82 Å². The number of carbonyl (C=O) groups is 1. The first-order chi connectivity index (χ1) is 7.41. The maximum Gasteiger partial charge on any atom is 0.253 e. The lowest BCUT2D eigenvalue weighted by atomic mass is 10.1. The molecular formula is C10H13ClFN3O. The first kappa shape index (κ1) is 12.9. The standard InChI is InChI=1S/C10H13ClFN3O/c1-15(14)10(16)9(13)5-6-2-3-8(12)7(11)4-6/h2-4,9H,5,13-14H2,1H3. The fraction of sp³-hybridized carbons (Fsp3) is 0.300. The molecule has 0 aromatic heterocycles. The summed E-state index contributed by atoms with van der Waals surface area (Å²) < 4.78 is 12.9. The zero-order chi connectivity index (χ0) is 12.3. The fourth-order valence-electron chi connectivity index (χ4n) is 1.27. The lowest BCUT2D eigenvalue weighted by Gasteiger charge is -2.16. The predicted molar refractivity (Wildman–Crippen MR) is 60.0 cm³/mol. The Balaban J connectivity index is 2.73. The van der Waals surface area contributed by atoms with Crippen molar-refractivity contribution >= 4 is 17.5 Å². The molecule has 0 saturated carbocycles. The number of hydrogen-bond donors (Lipinski definition) is 2. The SMILES string of the molecule is CN(N)C(=O)C(N)Cc1ccc(F)c(Cl)c1. The van der Waals surface area contributed by atoms with E-state index in [0.717, 1.165) is 5.01 Å². The van der Waals surface area contributed by atoms with Gasteiger partial charge in [-0.1, -0.05) is 17.7 Å². The third-order valence-electron chi connectivity index (χ3n) is 2.10. The van der Waals surface area contributed by atoms with Gasteiger partial charge in [-0.25, -0.2) is 10.2 Å². The van der Waals surface area contributed by atoms with Crippen molar-refractivity contribution in [2.24, 2.45) is 11.6 Å². The van der Waals surface area contributed by atoms with Crippen LogP contribution in [0.4, 0.5) is 4.39 Å². The van der Waals surface area contributed by atoms with Crippen LogP contribution in [0.5, 0.6) is 0 Å². The summed E-state index contributed by atoms with van der Waals surface area (Å²) in [7, 11) is 1.42. The van der Waals surface area contributed by atoms with Gasteiger partial charge in [0.15, 0.2) is 0 Å². The number of hydrogen-bond acceptors (Lipinski definition) is 3. The van der Waals surface area contributed by atoms with Gasteiger partial charge >= 0.3 is 0 Å². The molecule has 0 aliphatic heterocycles. The molecule has 16 heavy (non-hydrogen) atoms. The van der Waals surface area contributed by atoms with Crippen molar-refractivity contribution in [3.63, 3.8) is 0 Å². The third-order valence-corrected chi connectivity index (χ3v) is 2.39. The molecule has 1 aromatic rings. The molecule has 4 nitrogen and oxygen atoms in total. The average Bonchev–Trinajstić information content (AvgIpc) is 2.22. The Morgan fingerprint density at radius 1 is 1.62 bits per heavy atom. The Kier molecular flexibility index (Phi) is 4.23. The van der Waals surface area contributed by atoms with E-state index in [1.54, 1.807) is 0 Å². The van der Waals surface area contributed by atoms with Crippen LogP contribution in [0.25, 0.3) is 0 Å². The Labute approximate surface area is 97.9 Å². The van der Waals surface area contributed by atoms with E-state index >= 15 is 0 Å². The van der Waals surface area contributed by atoms with Crippen LogP contribution >= 0.6 is 11.6 Å². The fourth-order valence-corrected chi connectivity index (χ4v) is 1.47. The van der Waals surface area contributed by atoms with E-state index in [1.807, 2.05) is 0 Å². The number of nitrogens with two attached hydrogens (primary N) is 2. The molecule has 0 spiro atoms. The van der Waals surface area contributed by atoms with Gasteiger partial charge < -0.3 is 5.73 Å². The molecule has 6 heteroatoms. The van der Waals surface area contributed by atoms with E-state index in [9.17, 15) is 9.18 Å². The first-order valence-corrected chi connectivity index (χ1v) is 5.01. The van der Waals surface area contributed by atoms with Gasteiger partial charge in [-0.3, -0.25) is 9.80 Å². The molecule has 1 rings (SSSR count).